The van der Waals surface area contributed by atoms with Gasteiger partial charge in [0.05, 0.1) is 21.7 Å². The summed E-state index contributed by atoms with van der Waals surface area (Å²) in [6, 6.07) is 16.1. The lowest BCUT2D eigenvalue weighted by Crippen LogP contribution is -2.48. The van der Waals surface area contributed by atoms with Crippen LogP contribution in [0.5, 0.6) is 5.75 Å². The van der Waals surface area contributed by atoms with E-state index in [1.165, 1.54) is 30.3 Å². The number of rotatable bonds is 9. The number of halogens is 2. The van der Waals surface area contributed by atoms with Crippen LogP contribution in [0.1, 0.15) is 10.4 Å². The molecule has 5 rings (SSSR count). The Morgan fingerprint density at radius 1 is 1.05 bits per heavy atom. The molecule has 1 saturated heterocycles. The third kappa shape index (κ3) is 6.45. The molecule has 40 heavy (non-hydrogen) atoms. The molecule has 1 aliphatic rings. The van der Waals surface area contributed by atoms with Crippen LogP contribution >= 0.6 is 34.5 Å². The highest BCUT2D eigenvalue weighted by atomic mass is 35.5. The van der Waals surface area contributed by atoms with Gasteiger partial charge in [-0.1, -0.05) is 40.6 Å². The molecule has 0 unspecified atom stereocenters. The number of anilines is 2. The van der Waals surface area contributed by atoms with Gasteiger partial charge in [-0.3, -0.25) is 14.4 Å². The lowest BCUT2D eigenvalue weighted by Gasteiger charge is -2.34. The topological polar surface area (TPSA) is 104 Å². The van der Waals surface area contributed by atoms with E-state index < -0.39 is 10.0 Å². The summed E-state index contributed by atoms with van der Waals surface area (Å²) in [5.74, 6) is 0.328. The molecule has 1 fully saturated rings. The van der Waals surface area contributed by atoms with Crippen molar-refractivity contribution in [2.45, 2.75) is 4.90 Å². The van der Waals surface area contributed by atoms with Crippen LogP contribution in [-0.4, -0.2) is 70.6 Å². The van der Waals surface area contributed by atoms with Crippen molar-refractivity contribution in [2.24, 2.45) is 0 Å². The minimum absolute atomic E-state index is 0.0825. The van der Waals surface area contributed by atoms with Gasteiger partial charge in [0.1, 0.15) is 5.52 Å². The zero-order chi connectivity index (χ0) is 28.3. The number of thiazole rings is 1. The van der Waals surface area contributed by atoms with Crippen molar-refractivity contribution in [3.8, 4) is 5.75 Å². The number of hydrogen-bond donors (Lipinski definition) is 2. The number of hydrogen-bond acceptors (Lipinski definition) is 8. The first-order valence-corrected chi connectivity index (χ1v) is 15.6. The fourth-order valence-electron chi connectivity index (χ4n) is 4.41. The minimum atomic E-state index is -3.81. The molecule has 1 aliphatic heterocycles. The van der Waals surface area contributed by atoms with Crippen molar-refractivity contribution in [1.29, 1.82) is 0 Å². The van der Waals surface area contributed by atoms with Crippen molar-refractivity contribution in [3.63, 3.8) is 0 Å². The summed E-state index contributed by atoms with van der Waals surface area (Å²) in [5, 5.41) is 4.86. The molecule has 210 valence electrons. The number of carbonyl (C=O) groups is 1. The molecule has 0 atom stereocenters. The number of carbonyl (C=O) groups excluding carboxylic acids is 1. The Kier molecular flexibility index (Phi) is 8.67. The quantitative estimate of drug-likeness (QED) is 0.273. The molecule has 1 aromatic heterocycles. The second kappa shape index (κ2) is 12.2. The Bertz CT molecular complexity index is 1620. The largest absolute Gasteiger partial charge is 0.493 e. The first-order chi connectivity index (χ1) is 19.2. The number of aromatic nitrogens is 1. The van der Waals surface area contributed by atoms with Crippen molar-refractivity contribution in [1.82, 2.24) is 15.2 Å². The highest BCUT2D eigenvalue weighted by Crippen LogP contribution is 2.38. The van der Waals surface area contributed by atoms with Gasteiger partial charge < -0.3 is 15.0 Å². The third-order valence-electron chi connectivity index (χ3n) is 6.52. The molecule has 9 nitrogen and oxygen atoms in total. The van der Waals surface area contributed by atoms with Crippen LogP contribution in [0.15, 0.2) is 65.6 Å². The van der Waals surface area contributed by atoms with Crippen LogP contribution in [0.4, 0.5) is 10.8 Å². The molecular formula is C27H27Cl2N5O4S2. The van der Waals surface area contributed by atoms with Crippen LogP contribution in [0.3, 0.4) is 0 Å². The molecule has 4 aromatic rings. The van der Waals surface area contributed by atoms with Crippen LogP contribution in [0.2, 0.25) is 10.0 Å². The first kappa shape index (κ1) is 28.4. The van der Waals surface area contributed by atoms with E-state index in [-0.39, 0.29) is 10.8 Å². The fraction of sp³-hybridized carbons (Fsp3) is 0.259. The summed E-state index contributed by atoms with van der Waals surface area (Å²) < 4.78 is 34.3. The van der Waals surface area contributed by atoms with Gasteiger partial charge in [0, 0.05) is 55.5 Å². The highest BCUT2D eigenvalue weighted by molar-refractivity contribution is 7.92. The summed E-state index contributed by atoms with van der Waals surface area (Å²) in [4.78, 5) is 22.2. The maximum Gasteiger partial charge on any atom is 0.261 e. The van der Waals surface area contributed by atoms with Crippen LogP contribution in [0.25, 0.3) is 10.2 Å². The molecular weight excluding hydrogens is 593 g/mol. The van der Waals surface area contributed by atoms with Gasteiger partial charge in [-0.15, -0.1) is 0 Å². The zero-order valence-electron chi connectivity index (χ0n) is 21.6. The number of ether oxygens (including phenoxy) is 1. The van der Waals surface area contributed by atoms with E-state index in [2.05, 4.69) is 19.8 Å². The van der Waals surface area contributed by atoms with Gasteiger partial charge in [0.15, 0.2) is 10.9 Å². The standard InChI is InChI=1S/C27H27Cl2N5O4S2/c1-38-25-22(29)9-10-23-24(25)31-27(39-23)34-15-13-33(14-16-34)12-11-30-26(35)18-3-2-4-20(17-18)32-40(36,37)21-7-5-19(28)6-8-21/h2-10,17,32H,11-16H2,1H3,(H,30,35). The van der Waals surface area contributed by atoms with Crippen LogP contribution in [0, 0.1) is 0 Å². The van der Waals surface area contributed by atoms with Gasteiger partial charge >= 0.3 is 0 Å². The van der Waals surface area contributed by atoms with E-state index in [4.69, 9.17) is 32.9 Å². The predicted molar refractivity (Wildman–Crippen MR) is 161 cm³/mol. The molecule has 1 amide bonds. The molecule has 0 bridgehead atoms. The van der Waals surface area contributed by atoms with E-state index >= 15 is 0 Å². The maximum absolute atomic E-state index is 12.8. The molecule has 0 spiro atoms. The van der Waals surface area contributed by atoms with E-state index in [1.807, 2.05) is 12.1 Å². The van der Waals surface area contributed by atoms with Crippen LogP contribution in [-0.2, 0) is 10.0 Å². The van der Waals surface area contributed by atoms with E-state index in [0.717, 1.165) is 41.5 Å². The zero-order valence-corrected chi connectivity index (χ0v) is 24.7. The van der Waals surface area contributed by atoms with E-state index in [0.29, 0.717) is 40.1 Å². The average Bonchev–Trinajstić information content (AvgIpc) is 3.38. The minimum Gasteiger partial charge on any atom is -0.493 e. The van der Waals surface area contributed by atoms with Gasteiger partial charge in [-0.25, -0.2) is 13.4 Å². The summed E-state index contributed by atoms with van der Waals surface area (Å²) >= 11 is 13.7. The van der Waals surface area contributed by atoms with Gasteiger partial charge in [0.2, 0.25) is 0 Å². The van der Waals surface area contributed by atoms with E-state index in [9.17, 15) is 13.2 Å². The van der Waals surface area contributed by atoms with Crippen molar-refractivity contribution < 1.29 is 17.9 Å². The average molecular weight is 621 g/mol. The number of amides is 1. The maximum atomic E-state index is 12.8. The number of piperazine rings is 1. The fourth-order valence-corrected chi connectivity index (χ4v) is 6.83. The summed E-state index contributed by atoms with van der Waals surface area (Å²) in [6.07, 6.45) is 0. The van der Waals surface area contributed by atoms with E-state index in [1.54, 1.807) is 36.6 Å². The van der Waals surface area contributed by atoms with Gasteiger partial charge in [-0.2, -0.15) is 0 Å². The second-order valence-corrected chi connectivity index (χ2v) is 12.7. The molecule has 0 aliphatic carbocycles. The van der Waals surface area contributed by atoms with Crippen molar-refractivity contribution in [3.05, 3.63) is 76.3 Å². The Morgan fingerprint density at radius 2 is 1.80 bits per heavy atom. The normalized spacial score (nSPS) is 14.3. The number of benzene rings is 3. The third-order valence-corrected chi connectivity index (χ3v) is 9.54. The monoisotopic (exact) mass is 619 g/mol. The Hall–Kier alpha value is -3.09. The predicted octanol–water partition coefficient (Wildman–Crippen LogP) is 4.96. The summed E-state index contributed by atoms with van der Waals surface area (Å²) in [6.45, 7) is 4.48. The molecule has 2 N–H and O–H groups in total. The van der Waals surface area contributed by atoms with Crippen LogP contribution < -0.4 is 19.7 Å². The van der Waals surface area contributed by atoms with Crippen molar-refractivity contribution >= 4 is 71.5 Å². The second-order valence-electron chi connectivity index (χ2n) is 9.15. The number of nitrogens with zero attached hydrogens (tertiary/aromatic N) is 3. The Labute approximate surface area is 246 Å². The van der Waals surface area contributed by atoms with Crippen molar-refractivity contribution in [2.75, 3.05) is 56.0 Å². The van der Waals surface area contributed by atoms with Gasteiger partial charge in [0.25, 0.3) is 15.9 Å². The summed E-state index contributed by atoms with van der Waals surface area (Å²) in [5.41, 5.74) is 1.45. The molecule has 3 aromatic carbocycles. The lowest BCUT2D eigenvalue weighted by atomic mass is 10.2. The first-order valence-electron chi connectivity index (χ1n) is 12.5. The van der Waals surface area contributed by atoms with Gasteiger partial charge in [-0.05, 0) is 54.6 Å². The number of sulfonamides is 1. The summed E-state index contributed by atoms with van der Waals surface area (Å²) in [7, 11) is -2.21. The SMILES string of the molecule is COc1c(Cl)ccc2sc(N3CCN(CCNC(=O)c4cccc(NS(=O)(=O)c5ccc(Cl)cc5)c4)CC3)nc12. The molecule has 0 saturated carbocycles. The Balaban J connectivity index is 1.11. The molecule has 13 heteroatoms. The number of nitrogens with one attached hydrogen (secondary N) is 2. The smallest absolute Gasteiger partial charge is 0.261 e. The molecule has 0 radical (unpaired) electrons. The number of fused-ring (bicyclic) bond motifs is 1. The highest BCUT2D eigenvalue weighted by Gasteiger charge is 2.22. The Morgan fingerprint density at radius 3 is 2.52 bits per heavy atom. The molecule has 2 heterocycles. The number of methoxy groups -OCH3 is 1. The lowest BCUT2D eigenvalue weighted by molar-refractivity contribution is 0.0948.